The van der Waals surface area contributed by atoms with E-state index in [9.17, 15) is 0 Å². The van der Waals surface area contributed by atoms with E-state index in [1.54, 1.807) is 0 Å². The van der Waals surface area contributed by atoms with Crippen LogP contribution < -0.4 is 0 Å². The molecule has 2 rings (SSSR count). The van der Waals surface area contributed by atoms with Gasteiger partial charge in [0, 0.05) is 6.61 Å². The molecule has 1 nitrogen and oxygen atoms in total. The highest BCUT2D eigenvalue weighted by atomic mass is 16.5. The van der Waals surface area contributed by atoms with Crippen molar-refractivity contribution in [2.24, 2.45) is 17.8 Å². The summed E-state index contributed by atoms with van der Waals surface area (Å²) in [6.45, 7) is 5.68. The van der Waals surface area contributed by atoms with Gasteiger partial charge in [0.05, 0.1) is 6.10 Å². The van der Waals surface area contributed by atoms with E-state index >= 15 is 0 Å². The minimum Gasteiger partial charge on any atom is -0.378 e. The second-order valence-corrected chi connectivity index (χ2v) is 6.29. The van der Waals surface area contributed by atoms with Gasteiger partial charge in [-0.3, -0.25) is 0 Å². The maximum absolute atomic E-state index is 6.15. The van der Waals surface area contributed by atoms with Crippen molar-refractivity contribution < 1.29 is 4.74 Å². The van der Waals surface area contributed by atoms with Gasteiger partial charge in [0.15, 0.2) is 0 Å². The number of ether oxygens (including phenoxy) is 1. The largest absolute Gasteiger partial charge is 0.378 e. The van der Waals surface area contributed by atoms with E-state index in [1.165, 1.54) is 57.8 Å². The highest BCUT2D eigenvalue weighted by Crippen LogP contribution is 2.37. The molecule has 2 unspecified atom stereocenters. The van der Waals surface area contributed by atoms with Crippen molar-refractivity contribution in [1.82, 2.24) is 0 Å². The van der Waals surface area contributed by atoms with Crippen LogP contribution in [0.2, 0.25) is 0 Å². The third-order valence-corrected chi connectivity index (χ3v) is 5.10. The van der Waals surface area contributed by atoms with Crippen molar-refractivity contribution in [2.45, 2.75) is 77.7 Å². The van der Waals surface area contributed by atoms with E-state index in [1.807, 2.05) is 0 Å². The molecule has 2 aliphatic rings. The molecule has 0 amide bonds. The van der Waals surface area contributed by atoms with E-state index in [2.05, 4.69) is 13.8 Å². The fourth-order valence-electron chi connectivity index (χ4n) is 3.80. The van der Waals surface area contributed by atoms with Crippen molar-refractivity contribution in [3.8, 4) is 0 Å². The van der Waals surface area contributed by atoms with E-state index in [0.29, 0.717) is 6.10 Å². The maximum atomic E-state index is 6.15. The Morgan fingerprint density at radius 3 is 2.12 bits per heavy atom. The lowest BCUT2D eigenvalue weighted by Crippen LogP contribution is -2.34. The molecular formula is C16H30O. The lowest BCUT2D eigenvalue weighted by molar-refractivity contribution is -0.0595. The van der Waals surface area contributed by atoms with Crippen LogP contribution in [-0.4, -0.2) is 12.7 Å². The lowest BCUT2D eigenvalue weighted by atomic mass is 9.76. The first kappa shape index (κ1) is 13.4. The zero-order valence-corrected chi connectivity index (χ0v) is 11.8. The topological polar surface area (TPSA) is 9.23 Å². The Morgan fingerprint density at radius 1 is 0.882 bits per heavy atom. The van der Waals surface area contributed by atoms with Gasteiger partial charge in [-0.2, -0.15) is 0 Å². The molecule has 1 aliphatic carbocycles. The quantitative estimate of drug-likeness (QED) is 0.683. The molecule has 0 aromatic heterocycles. The summed E-state index contributed by atoms with van der Waals surface area (Å²) in [6.07, 6.45) is 13.2. The van der Waals surface area contributed by atoms with Crippen molar-refractivity contribution in [1.29, 1.82) is 0 Å². The van der Waals surface area contributed by atoms with Gasteiger partial charge < -0.3 is 4.74 Å². The predicted molar refractivity (Wildman–Crippen MR) is 73.1 cm³/mol. The first-order valence-corrected chi connectivity index (χ1v) is 7.95. The first-order valence-electron chi connectivity index (χ1n) is 7.95. The Hall–Kier alpha value is -0.0400. The van der Waals surface area contributed by atoms with Crippen LogP contribution in [0.25, 0.3) is 0 Å². The van der Waals surface area contributed by atoms with Gasteiger partial charge in [0.1, 0.15) is 0 Å². The summed E-state index contributed by atoms with van der Waals surface area (Å²) in [5, 5.41) is 0. The van der Waals surface area contributed by atoms with Crippen LogP contribution in [0.3, 0.4) is 0 Å². The van der Waals surface area contributed by atoms with Gasteiger partial charge in [0.25, 0.3) is 0 Å². The summed E-state index contributed by atoms with van der Waals surface area (Å²) < 4.78 is 6.15. The molecule has 0 aromatic carbocycles. The summed E-state index contributed by atoms with van der Waals surface area (Å²) >= 11 is 0. The van der Waals surface area contributed by atoms with Crippen molar-refractivity contribution in [2.75, 3.05) is 6.61 Å². The molecule has 1 saturated heterocycles. The molecule has 17 heavy (non-hydrogen) atoms. The fraction of sp³-hybridized carbons (Fsp3) is 1.00. The average molecular weight is 238 g/mol. The molecule has 0 radical (unpaired) electrons. The third-order valence-electron chi connectivity index (χ3n) is 5.10. The monoisotopic (exact) mass is 238 g/mol. The molecule has 0 aromatic rings. The van der Waals surface area contributed by atoms with E-state index < -0.39 is 0 Å². The fourth-order valence-corrected chi connectivity index (χ4v) is 3.80. The summed E-state index contributed by atoms with van der Waals surface area (Å²) in [6, 6.07) is 0. The Labute approximate surface area is 107 Å². The Morgan fingerprint density at radius 2 is 1.59 bits per heavy atom. The van der Waals surface area contributed by atoms with Gasteiger partial charge in [0.2, 0.25) is 0 Å². The molecule has 1 saturated carbocycles. The van der Waals surface area contributed by atoms with Crippen LogP contribution in [0.15, 0.2) is 0 Å². The smallest absolute Gasteiger partial charge is 0.0603 e. The van der Waals surface area contributed by atoms with Crippen LogP contribution >= 0.6 is 0 Å². The molecule has 0 N–H and O–H groups in total. The number of rotatable bonds is 4. The van der Waals surface area contributed by atoms with E-state index in [-0.39, 0.29) is 0 Å². The highest BCUT2D eigenvalue weighted by molar-refractivity contribution is 4.81. The van der Waals surface area contributed by atoms with Crippen LogP contribution in [0.4, 0.5) is 0 Å². The zero-order chi connectivity index (χ0) is 12.1. The molecule has 2 fully saturated rings. The van der Waals surface area contributed by atoms with Crippen LogP contribution in [0.1, 0.15) is 71.6 Å². The predicted octanol–water partition coefficient (Wildman–Crippen LogP) is 4.80. The van der Waals surface area contributed by atoms with Crippen molar-refractivity contribution >= 4 is 0 Å². The molecule has 0 bridgehead atoms. The van der Waals surface area contributed by atoms with E-state index in [0.717, 1.165) is 24.4 Å². The van der Waals surface area contributed by atoms with Crippen molar-refractivity contribution in [3.63, 3.8) is 0 Å². The molecule has 100 valence electrons. The van der Waals surface area contributed by atoms with Crippen LogP contribution in [0, 0.1) is 17.8 Å². The maximum Gasteiger partial charge on any atom is 0.0603 e. The Bertz CT molecular complexity index is 198. The van der Waals surface area contributed by atoms with Gasteiger partial charge in [-0.15, -0.1) is 0 Å². The van der Waals surface area contributed by atoms with E-state index in [4.69, 9.17) is 4.74 Å². The minimum absolute atomic E-state index is 0.612. The second kappa shape index (κ2) is 6.78. The number of hydrogen-bond donors (Lipinski definition) is 0. The highest BCUT2D eigenvalue weighted by Gasteiger charge is 2.30. The van der Waals surface area contributed by atoms with Gasteiger partial charge in [-0.05, 0) is 49.9 Å². The Balaban J connectivity index is 1.70. The SMILES string of the molecule is CCCC1CCC(C2CCC(CC)CC2)OC1. The van der Waals surface area contributed by atoms with Crippen LogP contribution in [0.5, 0.6) is 0 Å². The lowest BCUT2D eigenvalue weighted by Gasteiger charge is -2.37. The summed E-state index contributed by atoms with van der Waals surface area (Å²) in [7, 11) is 0. The molecule has 1 heterocycles. The first-order chi connectivity index (χ1) is 8.33. The summed E-state index contributed by atoms with van der Waals surface area (Å²) in [5.41, 5.74) is 0. The Kier molecular flexibility index (Phi) is 5.34. The van der Waals surface area contributed by atoms with Gasteiger partial charge in [-0.1, -0.05) is 39.5 Å². The summed E-state index contributed by atoms with van der Waals surface area (Å²) in [5.74, 6) is 2.77. The molecule has 1 aliphatic heterocycles. The standard InChI is InChI=1S/C16H30O/c1-3-5-14-8-11-16(17-12-14)15-9-6-13(4-2)7-10-15/h13-16H,3-12H2,1-2H3. The normalized spacial score (nSPS) is 39.2. The van der Waals surface area contributed by atoms with Crippen LogP contribution in [-0.2, 0) is 4.74 Å². The zero-order valence-electron chi connectivity index (χ0n) is 11.8. The third kappa shape index (κ3) is 3.71. The number of hydrogen-bond acceptors (Lipinski definition) is 1. The average Bonchev–Trinajstić information content (AvgIpc) is 2.40. The summed E-state index contributed by atoms with van der Waals surface area (Å²) in [4.78, 5) is 0. The van der Waals surface area contributed by atoms with Gasteiger partial charge in [-0.25, -0.2) is 0 Å². The molecule has 1 heteroatoms. The molecular weight excluding hydrogens is 208 g/mol. The minimum atomic E-state index is 0.612. The molecule has 0 spiro atoms. The second-order valence-electron chi connectivity index (χ2n) is 6.29. The molecule has 2 atom stereocenters. The van der Waals surface area contributed by atoms with Gasteiger partial charge >= 0.3 is 0 Å². The van der Waals surface area contributed by atoms with Crippen molar-refractivity contribution in [3.05, 3.63) is 0 Å².